The Morgan fingerprint density at radius 3 is 2.89 bits per heavy atom. The number of hydrogen-bond acceptors (Lipinski definition) is 4. The summed E-state index contributed by atoms with van der Waals surface area (Å²) in [7, 11) is 1.97. The van der Waals surface area contributed by atoms with Crippen LogP contribution in [0.15, 0.2) is 10.6 Å². The molecule has 1 aliphatic heterocycles. The fraction of sp³-hybridized carbons (Fsp3) is 0.800. The minimum Gasteiger partial charge on any atom is -0.446 e. The monoisotopic (exact) mass is 265 g/mol. The van der Waals surface area contributed by atoms with Gasteiger partial charge >= 0.3 is 0 Å². The van der Waals surface area contributed by atoms with Gasteiger partial charge in [0.05, 0.1) is 6.20 Å². The lowest BCUT2D eigenvalue weighted by atomic mass is 10.1. The third-order valence-electron chi connectivity index (χ3n) is 4.11. The molecule has 2 unspecified atom stereocenters. The summed E-state index contributed by atoms with van der Waals surface area (Å²) < 4.78 is 5.84. The van der Waals surface area contributed by atoms with Crippen molar-refractivity contribution in [1.82, 2.24) is 15.2 Å². The summed E-state index contributed by atoms with van der Waals surface area (Å²) >= 11 is 0. The van der Waals surface area contributed by atoms with Gasteiger partial charge < -0.3 is 14.6 Å². The number of nitrogens with one attached hydrogen (secondary N) is 1. The Balaban J connectivity index is 1.84. The predicted octanol–water partition coefficient (Wildman–Crippen LogP) is 2.10. The largest absolute Gasteiger partial charge is 0.446 e. The lowest BCUT2D eigenvalue weighted by Crippen LogP contribution is -2.28. The second kappa shape index (κ2) is 6.53. The Labute approximate surface area is 116 Å². The smallest absolute Gasteiger partial charge is 0.194 e. The number of rotatable bonds is 6. The van der Waals surface area contributed by atoms with Crippen LogP contribution in [0.2, 0.25) is 0 Å². The van der Waals surface area contributed by atoms with Gasteiger partial charge in [0.2, 0.25) is 0 Å². The zero-order valence-electron chi connectivity index (χ0n) is 12.6. The van der Waals surface area contributed by atoms with Crippen molar-refractivity contribution in [2.45, 2.75) is 52.1 Å². The van der Waals surface area contributed by atoms with Crippen molar-refractivity contribution in [3.8, 4) is 0 Å². The van der Waals surface area contributed by atoms with Crippen molar-refractivity contribution in [2.24, 2.45) is 5.92 Å². The van der Waals surface area contributed by atoms with Crippen LogP contribution < -0.4 is 5.32 Å². The summed E-state index contributed by atoms with van der Waals surface area (Å²) in [5, 5.41) is 3.22. The van der Waals surface area contributed by atoms with Gasteiger partial charge in [-0.15, -0.1) is 0 Å². The Kier molecular flexibility index (Phi) is 4.99. The third kappa shape index (κ3) is 4.05. The summed E-state index contributed by atoms with van der Waals surface area (Å²) in [5.74, 6) is 2.61. The zero-order valence-corrected chi connectivity index (χ0v) is 12.6. The van der Waals surface area contributed by atoms with Gasteiger partial charge in [0.15, 0.2) is 5.89 Å². The molecule has 1 aromatic heterocycles. The molecule has 0 spiro atoms. The molecule has 4 nitrogen and oxygen atoms in total. The summed E-state index contributed by atoms with van der Waals surface area (Å²) in [5.41, 5.74) is 0. The van der Waals surface area contributed by atoms with Gasteiger partial charge in [-0.05, 0) is 46.7 Å². The lowest BCUT2D eigenvalue weighted by Gasteiger charge is -2.19. The molecule has 2 atom stereocenters. The molecule has 1 N–H and O–H groups in total. The molecule has 0 bridgehead atoms. The van der Waals surface area contributed by atoms with Crippen LogP contribution >= 0.6 is 0 Å². The van der Waals surface area contributed by atoms with Crippen molar-refractivity contribution in [3.63, 3.8) is 0 Å². The number of aromatic nitrogens is 1. The molecule has 2 heterocycles. The maximum atomic E-state index is 5.84. The third-order valence-corrected chi connectivity index (χ3v) is 4.11. The molecule has 0 radical (unpaired) electrons. The Morgan fingerprint density at radius 1 is 1.47 bits per heavy atom. The minimum absolute atomic E-state index is 0.434. The van der Waals surface area contributed by atoms with E-state index in [1.165, 1.54) is 19.5 Å². The van der Waals surface area contributed by atoms with E-state index in [0.717, 1.165) is 24.5 Å². The SMILES string of the molecule is CNC(C)Cc1cnc(CC2CCN(C(C)C)C2)o1. The van der Waals surface area contributed by atoms with Crippen LogP contribution in [0.25, 0.3) is 0 Å². The summed E-state index contributed by atoms with van der Waals surface area (Å²) in [4.78, 5) is 6.96. The van der Waals surface area contributed by atoms with E-state index < -0.39 is 0 Å². The maximum absolute atomic E-state index is 5.84. The highest BCUT2D eigenvalue weighted by Gasteiger charge is 2.25. The molecular weight excluding hydrogens is 238 g/mol. The van der Waals surface area contributed by atoms with E-state index in [-0.39, 0.29) is 0 Å². The average Bonchev–Trinajstić information content (AvgIpc) is 2.99. The van der Waals surface area contributed by atoms with Crippen molar-refractivity contribution in [3.05, 3.63) is 17.8 Å². The number of nitrogens with zero attached hydrogens (tertiary/aromatic N) is 2. The van der Waals surface area contributed by atoms with Crippen molar-refractivity contribution in [2.75, 3.05) is 20.1 Å². The number of hydrogen-bond donors (Lipinski definition) is 1. The molecule has 2 rings (SSSR count). The molecule has 4 heteroatoms. The Morgan fingerprint density at radius 2 is 2.26 bits per heavy atom. The topological polar surface area (TPSA) is 41.3 Å². The molecule has 1 aliphatic rings. The summed E-state index contributed by atoms with van der Waals surface area (Å²) in [6.07, 6.45) is 5.05. The second-order valence-corrected chi connectivity index (χ2v) is 6.06. The van der Waals surface area contributed by atoms with Gasteiger partial charge in [-0.2, -0.15) is 0 Å². The van der Waals surface area contributed by atoms with E-state index in [1.54, 1.807) is 0 Å². The van der Waals surface area contributed by atoms with Crippen molar-refractivity contribution < 1.29 is 4.42 Å². The lowest BCUT2D eigenvalue weighted by molar-refractivity contribution is 0.262. The molecule has 108 valence electrons. The molecule has 0 amide bonds. The highest BCUT2D eigenvalue weighted by molar-refractivity contribution is 4.98. The van der Waals surface area contributed by atoms with Crippen LogP contribution in [-0.4, -0.2) is 42.1 Å². The second-order valence-electron chi connectivity index (χ2n) is 6.06. The van der Waals surface area contributed by atoms with Gasteiger partial charge in [0.25, 0.3) is 0 Å². The van der Waals surface area contributed by atoms with Crippen LogP contribution in [0.5, 0.6) is 0 Å². The predicted molar refractivity (Wildman–Crippen MR) is 77.2 cm³/mol. The van der Waals surface area contributed by atoms with E-state index in [0.29, 0.717) is 18.0 Å². The highest BCUT2D eigenvalue weighted by atomic mass is 16.4. The minimum atomic E-state index is 0.434. The molecule has 1 fully saturated rings. The number of likely N-dealkylation sites (tertiary alicyclic amines) is 1. The van der Waals surface area contributed by atoms with Crippen LogP contribution in [0.3, 0.4) is 0 Å². The first-order valence-electron chi connectivity index (χ1n) is 7.43. The molecule has 0 saturated carbocycles. The van der Waals surface area contributed by atoms with Gasteiger partial charge in [0.1, 0.15) is 5.76 Å². The average molecular weight is 265 g/mol. The van der Waals surface area contributed by atoms with Crippen molar-refractivity contribution in [1.29, 1.82) is 0 Å². The van der Waals surface area contributed by atoms with Crippen LogP contribution in [0.4, 0.5) is 0 Å². The van der Waals surface area contributed by atoms with Gasteiger partial charge in [-0.1, -0.05) is 0 Å². The molecule has 19 heavy (non-hydrogen) atoms. The Bertz CT molecular complexity index is 388. The van der Waals surface area contributed by atoms with E-state index >= 15 is 0 Å². The van der Waals surface area contributed by atoms with Crippen molar-refractivity contribution >= 4 is 0 Å². The van der Waals surface area contributed by atoms with Gasteiger partial charge in [-0.3, -0.25) is 0 Å². The fourth-order valence-corrected chi connectivity index (χ4v) is 2.69. The summed E-state index contributed by atoms with van der Waals surface area (Å²) in [6.45, 7) is 9.09. The van der Waals surface area contributed by atoms with Crippen LogP contribution in [0, 0.1) is 5.92 Å². The van der Waals surface area contributed by atoms with E-state index in [1.807, 2.05) is 13.2 Å². The molecule has 0 aliphatic carbocycles. The molecule has 0 aromatic carbocycles. The van der Waals surface area contributed by atoms with Gasteiger partial charge in [0, 0.05) is 31.5 Å². The molecular formula is C15H27N3O. The normalized spacial score (nSPS) is 22.3. The first-order chi connectivity index (χ1) is 9.08. The maximum Gasteiger partial charge on any atom is 0.194 e. The fourth-order valence-electron chi connectivity index (χ4n) is 2.69. The van der Waals surface area contributed by atoms with E-state index in [2.05, 4.69) is 36.0 Å². The summed E-state index contributed by atoms with van der Waals surface area (Å²) in [6, 6.07) is 1.09. The quantitative estimate of drug-likeness (QED) is 0.855. The first-order valence-corrected chi connectivity index (χ1v) is 7.43. The zero-order chi connectivity index (χ0) is 13.8. The standard InChI is InChI=1S/C15H27N3O/c1-11(2)18-6-5-13(10-18)8-15-17-9-14(19-15)7-12(3)16-4/h9,11-13,16H,5-8,10H2,1-4H3. The van der Waals surface area contributed by atoms with Gasteiger partial charge in [-0.25, -0.2) is 4.98 Å². The Hall–Kier alpha value is -0.870. The number of oxazole rings is 1. The van der Waals surface area contributed by atoms with E-state index in [4.69, 9.17) is 4.42 Å². The van der Waals surface area contributed by atoms with Crippen LogP contribution in [0.1, 0.15) is 38.8 Å². The molecule has 1 aromatic rings. The van der Waals surface area contributed by atoms with E-state index in [9.17, 15) is 0 Å². The van der Waals surface area contributed by atoms with Crippen LogP contribution in [-0.2, 0) is 12.8 Å². The number of likely N-dealkylation sites (N-methyl/N-ethyl adjacent to an activating group) is 1. The molecule has 1 saturated heterocycles. The first kappa shape index (κ1) is 14.5. The highest BCUT2D eigenvalue weighted by Crippen LogP contribution is 2.22.